The molecule has 1 aromatic carbocycles. The summed E-state index contributed by atoms with van der Waals surface area (Å²) < 4.78 is 51.1. The largest absolute Gasteiger partial charge is 0.490 e. The lowest BCUT2D eigenvalue weighted by molar-refractivity contribution is -0.133. The van der Waals surface area contributed by atoms with Gasteiger partial charge in [0.05, 0.1) is 46.2 Å². The standard InChI is InChI=1S/C26H32F2N6O6S/c1-37-21-14-22(38-2)31-20(30-21)5-6-23(35)34-11-10-32(9-8-29-34)25-18(27)12-16(13-19(25)28)33-15-17(40-26(33)36)4-7-24(41)39-3/h12-14,17,29H,4-11,15H2,1-3H3/t17-/m0/s1. The number of methoxy groups -OCH3 is 3. The van der Waals surface area contributed by atoms with E-state index >= 15 is 8.78 Å². The molecule has 2 fully saturated rings. The number of aryl methyl sites for hydroxylation is 1. The SMILES string of the molecule is COC(=S)CC[C@H]1CN(c2cc(F)c(N3CCNN(C(=O)CCc4nc(OC)cc(OC)n4)CC3)c(F)c2)C(=O)O1. The second kappa shape index (κ2) is 13.7. The Morgan fingerprint density at radius 2 is 1.76 bits per heavy atom. The van der Waals surface area contributed by atoms with Crippen LogP contribution in [-0.4, -0.2) is 92.2 Å². The van der Waals surface area contributed by atoms with E-state index in [0.717, 1.165) is 12.1 Å². The molecule has 41 heavy (non-hydrogen) atoms. The Morgan fingerprint density at radius 3 is 2.39 bits per heavy atom. The van der Waals surface area contributed by atoms with Gasteiger partial charge in [0.25, 0.3) is 0 Å². The van der Waals surface area contributed by atoms with E-state index < -0.39 is 23.8 Å². The predicted octanol–water partition coefficient (Wildman–Crippen LogP) is 2.64. The second-order valence-electron chi connectivity index (χ2n) is 9.30. The zero-order chi connectivity index (χ0) is 29.5. The fourth-order valence-corrected chi connectivity index (χ4v) is 4.68. The molecule has 0 spiro atoms. The number of anilines is 2. The Hall–Kier alpha value is -3.85. The van der Waals surface area contributed by atoms with Crippen LogP contribution in [0, 0.1) is 11.6 Å². The number of amides is 2. The van der Waals surface area contributed by atoms with E-state index in [1.54, 1.807) is 0 Å². The molecular formula is C26H32F2N6O6S. The number of carbonyl (C=O) groups excluding carboxylic acids is 2. The van der Waals surface area contributed by atoms with Gasteiger partial charge in [-0.1, -0.05) is 0 Å². The van der Waals surface area contributed by atoms with E-state index in [1.165, 1.54) is 42.2 Å². The molecule has 4 rings (SSSR count). The molecular weight excluding hydrogens is 562 g/mol. The van der Waals surface area contributed by atoms with E-state index in [-0.39, 0.29) is 62.8 Å². The smallest absolute Gasteiger partial charge is 0.414 e. The zero-order valence-corrected chi connectivity index (χ0v) is 23.8. The first-order valence-electron chi connectivity index (χ1n) is 13.0. The number of nitrogens with zero attached hydrogens (tertiary/aromatic N) is 5. The van der Waals surface area contributed by atoms with E-state index in [0.29, 0.717) is 35.5 Å². The van der Waals surface area contributed by atoms with Gasteiger partial charge in [0.2, 0.25) is 17.7 Å². The summed E-state index contributed by atoms with van der Waals surface area (Å²) in [5, 5.41) is 1.82. The lowest BCUT2D eigenvalue weighted by Crippen LogP contribution is -2.43. The number of rotatable bonds is 10. The van der Waals surface area contributed by atoms with Crippen LogP contribution in [0.3, 0.4) is 0 Å². The molecule has 2 amide bonds. The summed E-state index contributed by atoms with van der Waals surface area (Å²) in [6, 6.07) is 3.77. The molecule has 1 aromatic heterocycles. The van der Waals surface area contributed by atoms with Crippen molar-refractivity contribution in [1.82, 2.24) is 20.4 Å². The number of halogens is 2. The Morgan fingerprint density at radius 1 is 1.07 bits per heavy atom. The normalized spacial score (nSPS) is 17.2. The van der Waals surface area contributed by atoms with Crippen LogP contribution in [-0.2, 0) is 20.7 Å². The van der Waals surface area contributed by atoms with Gasteiger partial charge in [-0.15, -0.1) is 0 Å². The highest BCUT2D eigenvalue weighted by molar-refractivity contribution is 7.80. The summed E-state index contributed by atoms with van der Waals surface area (Å²) in [4.78, 5) is 36.4. The first-order chi connectivity index (χ1) is 19.7. The van der Waals surface area contributed by atoms with E-state index in [1.807, 2.05) is 0 Å². The summed E-state index contributed by atoms with van der Waals surface area (Å²) >= 11 is 5.01. The van der Waals surface area contributed by atoms with Gasteiger partial charge in [-0.2, -0.15) is 9.97 Å². The predicted molar refractivity (Wildman–Crippen MR) is 148 cm³/mol. The molecule has 15 heteroatoms. The maximum atomic E-state index is 15.3. The summed E-state index contributed by atoms with van der Waals surface area (Å²) in [5.74, 6) is -0.817. The minimum Gasteiger partial charge on any atom is -0.490 e. The van der Waals surface area contributed by atoms with Gasteiger partial charge in [-0.25, -0.2) is 19.0 Å². The van der Waals surface area contributed by atoms with Crippen molar-refractivity contribution in [2.75, 3.05) is 63.9 Å². The molecule has 1 atom stereocenters. The molecule has 0 saturated carbocycles. The number of hydrogen-bond donors (Lipinski definition) is 1. The third-order valence-corrected chi connectivity index (χ3v) is 7.06. The number of hydrogen-bond acceptors (Lipinski definition) is 11. The van der Waals surface area contributed by atoms with Crippen molar-refractivity contribution in [3.8, 4) is 11.8 Å². The van der Waals surface area contributed by atoms with Crippen LogP contribution in [0.15, 0.2) is 18.2 Å². The minimum atomic E-state index is -0.819. The number of aromatic nitrogens is 2. The number of nitrogens with one attached hydrogen (secondary N) is 1. The zero-order valence-electron chi connectivity index (χ0n) is 23.0. The number of ether oxygens (including phenoxy) is 4. The molecule has 2 aliphatic rings. The minimum absolute atomic E-state index is 0.0618. The van der Waals surface area contributed by atoms with Crippen molar-refractivity contribution in [2.24, 2.45) is 0 Å². The summed E-state index contributed by atoms with van der Waals surface area (Å²) in [6.45, 7) is 1.04. The molecule has 12 nitrogen and oxygen atoms in total. The maximum Gasteiger partial charge on any atom is 0.414 e. The third kappa shape index (κ3) is 7.47. The lowest BCUT2D eigenvalue weighted by Gasteiger charge is -2.25. The van der Waals surface area contributed by atoms with Gasteiger partial charge in [0.15, 0.2) is 16.7 Å². The highest BCUT2D eigenvalue weighted by Crippen LogP contribution is 2.32. The van der Waals surface area contributed by atoms with E-state index in [2.05, 4.69) is 15.4 Å². The topological polar surface area (TPSA) is 119 Å². The monoisotopic (exact) mass is 594 g/mol. The third-order valence-electron chi connectivity index (χ3n) is 6.69. The highest BCUT2D eigenvalue weighted by atomic mass is 32.1. The molecule has 0 bridgehead atoms. The molecule has 2 aliphatic heterocycles. The Labute approximate surface area is 241 Å². The lowest BCUT2D eigenvalue weighted by atomic mass is 10.2. The van der Waals surface area contributed by atoms with Crippen molar-refractivity contribution in [3.63, 3.8) is 0 Å². The van der Waals surface area contributed by atoms with Gasteiger partial charge in [0.1, 0.15) is 17.6 Å². The van der Waals surface area contributed by atoms with Gasteiger partial charge < -0.3 is 23.8 Å². The van der Waals surface area contributed by atoms with Gasteiger partial charge in [0, 0.05) is 51.0 Å². The van der Waals surface area contributed by atoms with Crippen molar-refractivity contribution in [3.05, 3.63) is 35.7 Å². The van der Waals surface area contributed by atoms with Gasteiger partial charge in [-0.05, 0) is 18.6 Å². The molecule has 1 N–H and O–H groups in total. The van der Waals surface area contributed by atoms with Crippen LogP contribution in [0.25, 0.3) is 0 Å². The fraction of sp³-hybridized carbons (Fsp3) is 0.500. The highest BCUT2D eigenvalue weighted by Gasteiger charge is 2.34. The molecule has 0 radical (unpaired) electrons. The first-order valence-corrected chi connectivity index (χ1v) is 13.4. The van der Waals surface area contributed by atoms with Crippen LogP contribution in [0.5, 0.6) is 11.8 Å². The fourth-order valence-electron chi connectivity index (χ4n) is 4.57. The van der Waals surface area contributed by atoms with Crippen LogP contribution >= 0.6 is 12.2 Å². The molecule has 0 unspecified atom stereocenters. The van der Waals surface area contributed by atoms with Crippen molar-refractivity contribution >= 4 is 40.6 Å². The Kier molecular flexibility index (Phi) is 10.0. The molecule has 2 saturated heterocycles. The number of benzene rings is 1. The van der Waals surface area contributed by atoms with Crippen molar-refractivity contribution in [2.45, 2.75) is 31.8 Å². The first kappa shape index (κ1) is 30.1. The Balaban J connectivity index is 1.36. The van der Waals surface area contributed by atoms with Crippen molar-refractivity contribution < 1.29 is 37.3 Å². The Bertz CT molecular complexity index is 1240. The van der Waals surface area contributed by atoms with Crippen LogP contribution in [0.4, 0.5) is 25.0 Å². The molecule has 222 valence electrons. The maximum absolute atomic E-state index is 15.3. The molecule has 0 aliphatic carbocycles. The number of carbonyl (C=O) groups is 2. The van der Waals surface area contributed by atoms with Crippen molar-refractivity contribution in [1.29, 1.82) is 0 Å². The quantitative estimate of drug-likeness (QED) is 0.409. The van der Waals surface area contributed by atoms with E-state index in [4.69, 9.17) is 31.2 Å². The molecule has 3 heterocycles. The summed E-state index contributed by atoms with van der Waals surface area (Å²) in [7, 11) is 4.41. The number of hydrazine groups is 1. The van der Waals surface area contributed by atoms with Gasteiger partial charge in [-0.3, -0.25) is 14.7 Å². The molecule has 2 aromatic rings. The summed E-state index contributed by atoms with van der Waals surface area (Å²) in [6.07, 6.45) is 0.0536. The number of thiocarbonyl (C=S) groups is 1. The van der Waals surface area contributed by atoms with Gasteiger partial charge >= 0.3 is 6.09 Å². The van der Waals surface area contributed by atoms with Crippen LogP contribution in [0.2, 0.25) is 0 Å². The second-order valence-corrected chi connectivity index (χ2v) is 9.75. The average Bonchev–Trinajstić information content (AvgIpc) is 3.17. The van der Waals surface area contributed by atoms with Crippen LogP contribution < -0.4 is 24.7 Å². The summed E-state index contributed by atoms with van der Waals surface area (Å²) in [5.41, 5.74) is 2.85. The number of cyclic esters (lactones) is 1. The average molecular weight is 595 g/mol. The van der Waals surface area contributed by atoms with Crippen LogP contribution in [0.1, 0.15) is 25.1 Å². The van der Waals surface area contributed by atoms with E-state index in [9.17, 15) is 9.59 Å².